The zero-order valence-corrected chi connectivity index (χ0v) is 7.20. The molecule has 1 atom stereocenters. The number of fused-ring (bicyclic) bond motifs is 1. The van der Waals surface area contributed by atoms with E-state index in [2.05, 4.69) is 4.98 Å². The first-order chi connectivity index (χ1) is 6.31. The van der Waals surface area contributed by atoms with Crippen molar-refractivity contribution in [1.82, 2.24) is 4.98 Å². The summed E-state index contributed by atoms with van der Waals surface area (Å²) >= 11 is 0. The Balaban J connectivity index is 2.48. The Kier molecular flexibility index (Phi) is 2.04. The van der Waals surface area contributed by atoms with Gasteiger partial charge in [-0.05, 0) is 23.1 Å². The molecule has 1 aromatic heterocycles. The fraction of sp³-hybridized carbons (Fsp3) is 0.200. The number of hydrogen-bond donors (Lipinski definition) is 3. The second kappa shape index (κ2) is 3.20. The van der Waals surface area contributed by atoms with Gasteiger partial charge in [0.1, 0.15) is 0 Å². The SMILES string of the molecule is N[C@@H](CO)c1ccc2cc[nH]c2c1. The van der Waals surface area contributed by atoms with E-state index in [1.807, 2.05) is 30.5 Å². The zero-order chi connectivity index (χ0) is 9.26. The maximum absolute atomic E-state index is 8.88. The van der Waals surface area contributed by atoms with Crippen LogP contribution in [0.2, 0.25) is 0 Å². The van der Waals surface area contributed by atoms with Crippen LogP contribution in [0.4, 0.5) is 0 Å². The van der Waals surface area contributed by atoms with Gasteiger partial charge in [-0.2, -0.15) is 0 Å². The van der Waals surface area contributed by atoms with E-state index in [-0.39, 0.29) is 12.6 Å². The molecule has 3 nitrogen and oxygen atoms in total. The molecule has 0 radical (unpaired) electrons. The highest BCUT2D eigenvalue weighted by Crippen LogP contribution is 2.17. The number of aliphatic hydroxyl groups is 1. The molecule has 4 N–H and O–H groups in total. The molecular formula is C10H12N2O. The van der Waals surface area contributed by atoms with Gasteiger partial charge in [0, 0.05) is 11.7 Å². The summed E-state index contributed by atoms with van der Waals surface area (Å²) in [4.78, 5) is 3.10. The fourth-order valence-corrected chi connectivity index (χ4v) is 1.40. The lowest BCUT2D eigenvalue weighted by molar-refractivity contribution is 0.268. The minimum absolute atomic E-state index is 0.0216. The van der Waals surface area contributed by atoms with Crippen molar-refractivity contribution in [3.05, 3.63) is 36.0 Å². The number of H-pyrrole nitrogens is 1. The molecule has 0 saturated carbocycles. The molecule has 2 aromatic rings. The van der Waals surface area contributed by atoms with Crippen LogP contribution in [0.1, 0.15) is 11.6 Å². The first-order valence-electron chi connectivity index (χ1n) is 4.25. The normalized spacial score (nSPS) is 13.4. The van der Waals surface area contributed by atoms with Gasteiger partial charge in [0.25, 0.3) is 0 Å². The minimum Gasteiger partial charge on any atom is -0.394 e. The Morgan fingerprint density at radius 1 is 1.38 bits per heavy atom. The molecule has 0 aliphatic heterocycles. The van der Waals surface area contributed by atoms with E-state index in [1.54, 1.807) is 0 Å². The van der Waals surface area contributed by atoms with Crippen molar-refractivity contribution >= 4 is 10.9 Å². The molecular weight excluding hydrogens is 164 g/mol. The minimum atomic E-state index is -0.285. The summed E-state index contributed by atoms with van der Waals surface area (Å²) in [5, 5.41) is 10.0. The molecule has 2 rings (SSSR count). The summed E-state index contributed by atoms with van der Waals surface area (Å²) in [5.41, 5.74) is 7.70. The summed E-state index contributed by atoms with van der Waals surface area (Å²) in [6, 6.07) is 7.63. The van der Waals surface area contributed by atoms with Gasteiger partial charge < -0.3 is 15.8 Å². The maximum Gasteiger partial charge on any atom is 0.0624 e. The zero-order valence-electron chi connectivity index (χ0n) is 7.20. The third kappa shape index (κ3) is 1.43. The quantitative estimate of drug-likeness (QED) is 0.643. The van der Waals surface area contributed by atoms with Crippen molar-refractivity contribution in [1.29, 1.82) is 0 Å². The van der Waals surface area contributed by atoms with Crippen LogP contribution in [0.5, 0.6) is 0 Å². The lowest BCUT2D eigenvalue weighted by Gasteiger charge is -2.07. The van der Waals surface area contributed by atoms with Crippen LogP contribution in [0.15, 0.2) is 30.5 Å². The molecule has 68 valence electrons. The molecule has 0 aliphatic rings. The second-order valence-electron chi connectivity index (χ2n) is 3.11. The number of nitrogens with one attached hydrogen (secondary N) is 1. The Bertz CT molecular complexity index is 408. The Morgan fingerprint density at radius 3 is 3.00 bits per heavy atom. The van der Waals surface area contributed by atoms with E-state index in [4.69, 9.17) is 10.8 Å². The average molecular weight is 176 g/mol. The number of aromatic nitrogens is 1. The largest absolute Gasteiger partial charge is 0.394 e. The van der Waals surface area contributed by atoms with Crippen molar-refractivity contribution in [2.45, 2.75) is 6.04 Å². The third-order valence-corrected chi connectivity index (χ3v) is 2.20. The highest BCUT2D eigenvalue weighted by Gasteiger charge is 2.04. The fourth-order valence-electron chi connectivity index (χ4n) is 1.40. The number of benzene rings is 1. The number of aromatic amines is 1. The van der Waals surface area contributed by atoms with E-state index in [9.17, 15) is 0 Å². The smallest absolute Gasteiger partial charge is 0.0624 e. The van der Waals surface area contributed by atoms with Crippen LogP contribution in [0.3, 0.4) is 0 Å². The van der Waals surface area contributed by atoms with E-state index < -0.39 is 0 Å². The van der Waals surface area contributed by atoms with Gasteiger partial charge in [-0.1, -0.05) is 12.1 Å². The van der Waals surface area contributed by atoms with Gasteiger partial charge in [0.2, 0.25) is 0 Å². The van der Waals surface area contributed by atoms with Crippen LogP contribution in [-0.4, -0.2) is 16.7 Å². The molecule has 1 aromatic carbocycles. The highest BCUT2D eigenvalue weighted by atomic mass is 16.3. The third-order valence-electron chi connectivity index (χ3n) is 2.20. The van der Waals surface area contributed by atoms with Crippen molar-refractivity contribution in [3.8, 4) is 0 Å². The molecule has 3 heteroatoms. The van der Waals surface area contributed by atoms with Crippen LogP contribution >= 0.6 is 0 Å². The van der Waals surface area contributed by atoms with E-state index in [1.165, 1.54) is 0 Å². The molecule has 13 heavy (non-hydrogen) atoms. The highest BCUT2D eigenvalue weighted by molar-refractivity contribution is 5.79. The van der Waals surface area contributed by atoms with Gasteiger partial charge in [-0.3, -0.25) is 0 Å². The number of aliphatic hydroxyl groups excluding tert-OH is 1. The molecule has 0 unspecified atom stereocenters. The van der Waals surface area contributed by atoms with Crippen LogP contribution in [-0.2, 0) is 0 Å². The Labute approximate surface area is 76.2 Å². The Hall–Kier alpha value is -1.32. The van der Waals surface area contributed by atoms with Crippen LogP contribution in [0.25, 0.3) is 10.9 Å². The predicted molar refractivity (Wildman–Crippen MR) is 52.3 cm³/mol. The van der Waals surface area contributed by atoms with Crippen molar-refractivity contribution in [3.63, 3.8) is 0 Å². The molecule has 0 amide bonds. The van der Waals surface area contributed by atoms with Gasteiger partial charge in [-0.25, -0.2) is 0 Å². The van der Waals surface area contributed by atoms with E-state index >= 15 is 0 Å². The lowest BCUT2D eigenvalue weighted by atomic mass is 10.1. The average Bonchev–Trinajstić information content (AvgIpc) is 2.63. The number of hydrogen-bond acceptors (Lipinski definition) is 2. The van der Waals surface area contributed by atoms with Gasteiger partial charge in [0.05, 0.1) is 12.6 Å². The first kappa shape index (κ1) is 8.29. The van der Waals surface area contributed by atoms with Crippen molar-refractivity contribution < 1.29 is 5.11 Å². The second-order valence-corrected chi connectivity index (χ2v) is 3.11. The molecule has 0 aliphatic carbocycles. The molecule has 0 fully saturated rings. The van der Waals surface area contributed by atoms with E-state index in [0.29, 0.717) is 0 Å². The monoisotopic (exact) mass is 176 g/mol. The molecule has 1 heterocycles. The van der Waals surface area contributed by atoms with Crippen LogP contribution < -0.4 is 5.73 Å². The lowest BCUT2D eigenvalue weighted by Crippen LogP contribution is -2.14. The van der Waals surface area contributed by atoms with E-state index in [0.717, 1.165) is 16.5 Å². The van der Waals surface area contributed by atoms with Crippen molar-refractivity contribution in [2.24, 2.45) is 5.73 Å². The van der Waals surface area contributed by atoms with Crippen LogP contribution in [0, 0.1) is 0 Å². The topological polar surface area (TPSA) is 62.0 Å². The summed E-state index contributed by atoms with van der Waals surface area (Å²) < 4.78 is 0. The maximum atomic E-state index is 8.88. The van der Waals surface area contributed by atoms with Gasteiger partial charge in [0.15, 0.2) is 0 Å². The number of rotatable bonds is 2. The van der Waals surface area contributed by atoms with Crippen molar-refractivity contribution in [2.75, 3.05) is 6.61 Å². The summed E-state index contributed by atoms with van der Waals surface area (Å²) in [6.45, 7) is -0.0216. The molecule has 0 spiro atoms. The predicted octanol–water partition coefficient (Wildman–Crippen LogP) is 1.16. The Morgan fingerprint density at radius 2 is 2.23 bits per heavy atom. The summed E-state index contributed by atoms with van der Waals surface area (Å²) in [6.07, 6.45) is 1.89. The number of nitrogens with two attached hydrogens (primary N) is 1. The summed E-state index contributed by atoms with van der Waals surface area (Å²) in [7, 11) is 0. The first-order valence-corrected chi connectivity index (χ1v) is 4.25. The van der Waals surface area contributed by atoms with Gasteiger partial charge in [-0.15, -0.1) is 0 Å². The molecule has 0 bridgehead atoms. The standard InChI is InChI=1S/C10H12N2O/c11-9(6-13)8-2-1-7-3-4-12-10(7)5-8/h1-5,9,12-13H,6,11H2/t9-/m0/s1. The molecule has 0 saturated heterocycles. The van der Waals surface area contributed by atoms with Gasteiger partial charge >= 0.3 is 0 Å². The summed E-state index contributed by atoms with van der Waals surface area (Å²) in [5.74, 6) is 0.